The molecule has 0 heterocycles. The second-order valence-electron chi connectivity index (χ2n) is 12.2. The van der Waals surface area contributed by atoms with Gasteiger partial charge in [-0.1, -0.05) is 79.1 Å². The van der Waals surface area contributed by atoms with E-state index in [1.54, 1.807) is 24.3 Å². The minimum Gasteiger partial charge on any atom is -0.506 e. The third-order valence-corrected chi connectivity index (χ3v) is 8.58. The topological polar surface area (TPSA) is 71.4 Å². The summed E-state index contributed by atoms with van der Waals surface area (Å²) in [5.74, 6) is -1.75. The maximum absolute atomic E-state index is 14.7. The van der Waals surface area contributed by atoms with Gasteiger partial charge >= 0.3 is 0 Å². The summed E-state index contributed by atoms with van der Waals surface area (Å²) in [5, 5.41) is 11.4. The van der Waals surface area contributed by atoms with E-state index < -0.39 is 27.8 Å². The van der Waals surface area contributed by atoms with E-state index in [2.05, 4.69) is 6.08 Å². The predicted octanol–water partition coefficient (Wildman–Crippen LogP) is 7.76. The molecule has 37 heavy (non-hydrogen) atoms. The van der Waals surface area contributed by atoms with Crippen LogP contribution in [0.1, 0.15) is 86.6 Å². The van der Waals surface area contributed by atoms with Crippen molar-refractivity contribution in [1.29, 1.82) is 0 Å². The normalized spacial score (nSPS) is 27.9. The summed E-state index contributed by atoms with van der Waals surface area (Å²) in [6.07, 6.45) is 7.49. The molecule has 4 nitrogen and oxygen atoms in total. The molecule has 1 unspecified atom stereocenters. The van der Waals surface area contributed by atoms with Crippen LogP contribution in [0.3, 0.4) is 0 Å². The zero-order valence-corrected chi connectivity index (χ0v) is 23.7. The molecule has 1 aromatic rings. The number of ketones is 3. The van der Waals surface area contributed by atoms with Crippen LogP contribution >= 0.6 is 0 Å². The molecule has 2 aliphatic rings. The molecule has 0 amide bonds. The highest BCUT2D eigenvalue weighted by Gasteiger charge is 2.73. The van der Waals surface area contributed by atoms with Gasteiger partial charge in [0.15, 0.2) is 17.3 Å². The van der Waals surface area contributed by atoms with Gasteiger partial charge in [-0.2, -0.15) is 0 Å². The zero-order chi connectivity index (χ0) is 27.8. The lowest BCUT2D eigenvalue weighted by Gasteiger charge is -2.60. The maximum atomic E-state index is 14.7. The van der Waals surface area contributed by atoms with Crippen LogP contribution in [0.5, 0.6) is 0 Å². The van der Waals surface area contributed by atoms with Gasteiger partial charge in [0, 0.05) is 5.56 Å². The van der Waals surface area contributed by atoms with Crippen molar-refractivity contribution >= 4 is 23.1 Å². The summed E-state index contributed by atoms with van der Waals surface area (Å²) in [6.45, 7) is 15.9. The smallest absolute Gasteiger partial charge is 0.184 e. The van der Waals surface area contributed by atoms with Crippen LogP contribution in [0, 0.1) is 22.2 Å². The quantitative estimate of drug-likeness (QED) is 0.136. The van der Waals surface area contributed by atoms with Gasteiger partial charge in [-0.3, -0.25) is 14.4 Å². The third kappa shape index (κ3) is 4.71. The monoisotopic (exact) mass is 502 g/mol. The van der Waals surface area contributed by atoms with Gasteiger partial charge in [0.25, 0.3) is 0 Å². The Morgan fingerprint density at radius 1 is 0.838 bits per heavy atom. The number of hydrogen-bond acceptors (Lipinski definition) is 4. The fourth-order valence-corrected chi connectivity index (χ4v) is 6.13. The molecule has 0 aliphatic heterocycles. The van der Waals surface area contributed by atoms with Crippen molar-refractivity contribution in [2.24, 2.45) is 22.2 Å². The summed E-state index contributed by atoms with van der Waals surface area (Å²) in [5.41, 5.74) is -0.236. The SMILES string of the molecule is CC(C)=CC[C@H]1C[C@]2(CC=C(C)C)C(=O)/C(=C(\O)c3ccccc3)C(=O)C(CC=C(C)C)(C2=O)C1(C)C. The molecule has 0 aromatic heterocycles. The van der Waals surface area contributed by atoms with E-state index in [-0.39, 0.29) is 35.9 Å². The van der Waals surface area contributed by atoms with Crippen molar-refractivity contribution in [2.75, 3.05) is 0 Å². The molecule has 2 fully saturated rings. The largest absolute Gasteiger partial charge is 0.506 e. The first kappa shape index (κ1) is 28.6. The van der Waals surface area contributed by atoms with Gasteiger partial charge in [-0.15, -0.1) is 0 Å². The van der Waals surface area contributed by atoms with Crippen molar-refractivity contribution in [3.63, 3.8) is 0 Å². The molecule has 4 heteroatoms. The average molecular weight is 503 g/mol. The van der Waals surface area contributed by atoms with E-state index in [4.69, 9.17) is 0 Å². The van der Waals surface area contributed by atoms with E-state index >= 15 is 0 Å². The van der Waals surface area contributed by atoms with Crippen molar-refractivity contribution in [3.05, 3.63) is 76.4 Å². The van der Waals surface area contributed by atoms with E-state index in [0.29, 0.717) is 18.4 Å². The summed E-state index contributed by atoms with van der Waals surface area (Å²) >= 11 is 0. The highest BCUT2D eigenvalue weighted by molar-refractivity contribution is 6.41. The van der Waals surface area contributed by atoms with Gasteiger partial charge in [0.1, 0.15) is 16.7 Å². The van der Waals surface area contributed by atoms with Gasteiger partial charge in [-0.25, -0.2) is 0 Å². The molecule has 1 N–H and O–H groups in total. The van der Waals surface area contributed by atoms with Gasteiger partial charge in [-0.05, 0) is 78.6 Å². The number of aliphatic hydroxyl groups excluding tert-OH is 1. The second kappa shape index (κ2) is 10.4. The number of hydrogen-bond donors (Lipinski definition) is 1. The predicted molar refractivity (Wildman–Crippen MR) is 150 cm³/mol. The van der Waals surface area contributed by atoms with Gasteiger partial charge in [0.2, 0.25) is 0 Å². The number of allylic oxidation sites excluding steroid dienone is 7. The van der Waals surface area contributed by atoms with E-state index in [1.807, 2.05) is 73.6 Å². The Labute approximate surface area is 222 Å². The lowest BCUT2D eigenvalue weighted by atomic mass is 9.38. The van der Waals surface area contributed by atoms with Crippen LogP contribution in [-0.4, -0.2) is 22.5 Å². The number of carbonyl (C=O) groups excluding carboxylic acids is 3. The molecule has 0 spiro atoms. The molecule has 3 atom stereocenters. The molecule has 198 valence electrons. The maximum Gasteiger partial charge on any atom is 0.184 e. The summed E-state index contributed by atoms with van der Waals surface area (Å²) in [4.78, 5) is 43.6. The molecule has 1 aromatic carbocycles. The van der Waals surface area contributed by atoms with Crippen LogP contribution in [0.4, 0.5) is 0 Å². The molecule has 3 rings (SSSR count). The number of fused-ring (bicyclic) bond motifs is 2. The number of aliphatic hydroxyl groups is 1. The number of Topliss-reactive ketones (excluding diaryl/α,β-unsaturated/α-hetero) is 3. The van der Waals surface area contributed by atoms with Crippen molar-refractivity contribution in [2.45, 2.75) is 81.1 Å². The van der Waals surface area contributed by atoms with Crippen molar-refractivity contribution in [3.8, 4) is 0 Å². The Morgan fingerprint density at radius 3 is 1.92 bits per heavy atom. The Kier molecular flexibility index (Phi) is 8.02. The van der Waals surface area contributed by atoms with E-state index in [1.165, 1.54) is 0 Å². The fraction of sp³-hybridized carbons (Fsp3) is 0.485. The minimum absolute atomic E-state index is 0.0652. The fourth-order valence-electron chi connectivity index (χ4n) is 6.13. The van der Waals surface area contributed by atoms with E-state index in [0.717, 1.165) is 16.7 Å². The number of benzene rings is 1. The Bertz CT molecular complexity index is 1210. The molecular formula is C33H42O4. The van der Waals surface area contributed by atoms with Crippen LogP contribution in [0.2, 0.25) is 0 Å². The summed E-state index contributed by atoms with van der Waals surface area (Å²) < 4.78 is 0. The highest BCUT2D eigenvalue weighted by Crippen LogP contribution is 2.65. The Morgan fingerprint density at radius 2 is 1.38 bits per heavy atom. The van der Waals surface area contributed by atoms with Crippen LogP contribution in [-0.2, 0) is 14.4 Å². The number of rotatable bonds is 7. The van der Waals surface area contributed by atoms with Crippen molar-refractivity contribution in [1.82, 2.24) is 0 Å². The molecule has 0 radical (unpaired) electrons. The zero-order valence-electron chi connectivity index (χ0n) is 23.7. The summed E-state index contributed by atoms with van der Waals surface area (Å²) in [6, 6.07) is 8.70. The molecule has 2 bridgehead atoms. The van der Waals surface area contributed by atoms with Crippen LogP contribution < -0.4 is 0 Å². The average Bonchev–Trinajstić information content (AvgIpc) is 2.82. The highest BCUT2D eigenvalue weighted by atomic mass is 16.3. The number of carbonyl (C=O) groups is 3. The minimum atomic E-state index is -1.45. The molecule has 0 saturated heterocycles. The van der Waals surface area contributed by atoms with Gasteiger partial charge < -0.3 is 5.11 Å². The van der Waals surface area contributed by atoms with E-state index in [9.17, 15) is 19.5 Å². The first-order valence-corrected chi connectivity index (χ1v) is 13.3. The molecule has 2 saturated carbocycles. The Hall–Kier alpha value is -3.01. The third-order valence-electron chi connectivity index (χ3n) is 8.58. The molecule has 2 aliphatic carbocycles. The van der Waals surface area contributed by atoms with Gasteiger partial charge in [0.05, 0.1) is 5.41 Å². The standard InChI is InChI=1S/C33H42O4/c1-21(2)14-15-25-20-32(18-16-22(3)4)28(35)26(27(34)24-12-10-9-11-13-24)29(36)33(30(32)37,31(25,7)8)19-17-23(5)6/h9-14,16-17,25,34H,15,18-20H2,1-8H3/b27-26+/t25-,32+,33?/m0/s1. The first-order chi connectivity index (χ1) is 17.2. The van der Waals surface area contributed by atoms with Crippen LogP contribution in [0.15, 0.2) is 70.9 Å². The van der Waals surface area contributed by atoms with Crippen LogP contribution in [0.25, 0.3) is 5.76 Å². The lowest BCUT2D eigenvalue weighted by molar-refractivity contribution is -0.176. The van der Waals surface area contributed by atoms with Crippen molar-refractivity contribution < 1.29 is 19.5 Å². The Balaban J connectivity index is 2.43. The summed E-state index contributed by atoms with van der Waals surface area (Å²) in [7, 11) is 0. The first-order valence-electron chi connectivity index (χ1n) is 13.3. The molecular weight excluding hydrogens is 460 g/mol. The second-order valence-corrected chi connectivity index (χ2v) is 12.2. The lowest BCUT2D eigenvalue weighted by Crippen LogP contribution is -2.69.